The number of nitrogens with zero attached hydrogens (tertiary/aromatic N) is 1. The van der Waals surface area contributed by atoms with E-state index in [-0.39, 0.29) is 20.6 Å². The molecular weight excluding hydrogens is 340 g/mol. The molecule has 0 spiro atoms. The van der Waals surface area contributed by atoms with Crippen molar-refractivity contribution in [2.45, 2.75) is 6.18 Å². The first-order valence-corrected chi connectivity index (χ1v) is 6.22. The summed E-state index contributed by atoms with van der Waals surface area (Å²) in [5.74, 6) is -1.29. The fourth-order valence-corrected chi connectivity index (χ4v) is 2.28. The van der Waals surface area contributed by atoms with Crippen molar-refractivity contribution in [3.8, 4) is 11.1 Å². The minimum absolute atomic E-state index is 0.0540. The molecule has 0 aliphatic carbocycles. The van der Waals surface area contributed by atoms with Gasteiger partial charge in [0.2, 0.25) is 5.95 Å². The molecule has 0 saturated carbocycles. The van der Waals surface area contributed by atoms with E-state index in [1.165, 1.54) is 6.07 Å². The fraction of sp³-hybridized carbons (Fsp3) is 0.0833. The average Bonchev–Trinajstić information content (AvgIpc) is 2.36. The maximum absolute atomic E-state index is 13.7. The maximum atomic E-state index is 13.7. The van der Waals surface area contributed by atoms with Crippen LogP contribution in [0.15, 0.2) is 24.4 Å². The Morgan fingerprint density at radius 3 is 2.20 bits per heavy atom. The highest BCUT2D eigenvalue weighted by Gasteiger charge is 2.36. The van der Waals surface area contributed by atoms with Gasteiger partial charge in [0.25, 0.3) is 0 Å². The Bertz CT molecular complexity index is 670. The average molecular weight is 345 g/mol. The summed E-state index contributed by atoms with van der Waals surface area (Å²) in [5.41, 5.74) is -2.17. The Hall–Kier alpha value is -1.04. The van der Waals surface area contributed by atoms with Crippen LogP contribution in [0.5, 0.6) is 0 Å². The number of halogens is 7. The smallest absolute Gasteiger partial charge is 0.228 e. The van der Waals surface area contributed by atoms with Gasteiger partial charge in [0.05, 0.1) is 26.2 Å². The van der Waals surface area contributed by atoms with E-state index >= 15 is 0 Å². The molecule has 0 fully saturated rings. The predicted octanol–water partition coefficient (Wildman–Crippen LogP) is 5.87. The molecule has 0 amide bonds. The van der Waals surface area contributed by atoms with Crippen LogP contribution in [0.25, 0.3) is 11.1 Å². The minimum Gasteiger partial charge on any atom is -0.228 e. The summed E-state index contributed by atoms with van der Waals surface area (Å²) in [6.07, 6.45) is -4.03. The SMILES string of the molecule is Fc1nccc(C(F)(F)F)c1-c1ccc(Cl)c(Cl)c1Cl. The zero-order chi connectivity index (χ0) is 15.1. The molecule has 0 bridgehead atoms. The lowest BCUT2D eigenvalue weighted by molar-refractivity contribution is -0.137. The second kappa shape index (κ2) is 5.39. The van der Waals surface area contributed by atoms with E-state index in [1.807, 2.05) is 0 Å². The van der Waals surface area contributed by atoms with E-state index in [2.05, 4.69) is 4.98 Å². The van der Waals surface area contributed by atoms with Crippen LogP contribution in [0.2, 0.25) is 15.1 Å². The third kappa shape index (κ3) is 2.71. The van der Waals surface area contributed by atoms with Gasteiger partial charge < -0.3 is 0 Å². The van der Waals surface area contributed by atoms with Crippen molar-refractivity contribution in [1.82, 2.24) is 4.98 Å². The fourth-order valence-electron chi connectivity index (χ4n) is 1.65. The van der Waals surface area contributed by atoms with Crippen molar-refractivity contribution in [2.75, 3.05) is 0 Å². The summed E-state index contributed by atoms with van der Waals surface area (Å²) in [5, 5.41) is -0.364. The van der Waals surface area contributed by atoms with Gasteiger partial charge in [-0.15, -0.1) is 0 Å². The number of hydrogen-bond acceptors (Lipinski definition) is 1. The Morgan fingerprint density at radius 2 is 1.60 bits per heavy atom. The van der Waals surface area contributed by atoms with Gasteiger partial charge in [-0.25, -0.2) is 4.98 Å². The monoisotopic (exact) mass is 343 g/mol. The molecule has 0 unspecified atom stereocenters. The highest BCUT2D eigenvalue weighted by Crippen LogP contribution is 2.43. The number of pyridine rings is 1. The molecule has 106 valence electrons. The van der Waals surface area contributed by atoms with Crippen molar-refractivity contribution < 1.29 is 17.6 Å². The predicted molar refractivity (Wildman–Crippen MR) is 69.7 cm³/mol. The topological polar surface area (TPSA) is 12.9 Å². The van der Waals surface area contributed by atoms with Crippen molar-refractivity contribution in [2.24, 2.45) is 0 Å². The zero-order valence-corrected chi connectivity index (χ0v) is 11.7. The van der Waals surface area contributed by atoms with Crippen LogP contribution in [0.3, 0.4) is 0 Å². The second-order valence-electron chi connectivity index (χ2n) is 3.74. The Balaban J connectivity index is 2.80. The first-order chi connectivity index (χ1) is 9.23. The summed E-state index contributed by atoms with van der Waals surface area (Å²) in [6.45, 7) is 0. The molecule has 0 aliphatic heterocycles. The number of alkyl halides is 3. The molecule has 8 heteroatoms. The van der Waals surface area contributed by atoms with Gasteiger partial charge >= 0.3 is 6.18 Å². The van der Waals surface area contributed by atoms with Crippen LogP contribution in [-0.4, -0.2) is 4.98 Å². The molecule has 1 aromatic carbocycles. The lowest BCUT2D eigenvalue weighted by atomic mass is 10.0. The molecule has 0 N–H and O–H groups in total. The van der Waals surface area contributed by atoms with Gasteiger partial charge in [-0.3, -0.25) is 0 Å². The molecule has 0 saturated heterocycles. The Kier molecular flexibility index (Phi) is 4.14. The molecular formula is C12H4Cl3F4N. The van der Waals surface area contributed by atoms with Gasteiger partial charge in [-0.05, 0) is 12.1 Å². The normalized spacial score (nSPS) is 11.8. The van der Waals surface area contributed by atoms with Crippen LogP contribution in [0.1, 0.15) is 5.56 Å². The molecule has 1 heterocycles. The number of aromatic nitrogens is 1. The van der Waals surface area contributed by atoms with E-state index in [1.54, 1.807) is 0 Å². The number of benzene rings is 1. The summed E-state index contributed by atoms with van der Waals surface area (Å²) >= 11 is 17.3. The first kappa shape index (κ1) is 15.4. The molecule has 0 radical (unpaired) electrons. The standard InChI is InChI=1S/C12H4Cl3F4N/c13-7-2-1-5(9(14)10(7)15)8-6(12(17,18)19)3-4-20-11(8)16/h1-4H. The van der Waals surface area contributed by atoms with Gasteiger partial charge in [0.15, 0.2) is 0 Å². The molecule has 20 heavy (non-hydrogen) atoms. The van der Waals surface area contributed by atoms with Crippen molar-refractivity contribution >= 4 is 34.8 Å². The molecule has 1 nitrogen and oxygen atoms in total. The summed E-state index contributed by atoms with van der Waals surface area (Å²) in [7, 11) is 0. The van der Waals surface area contributed by atoms with E-state index in [4.69, 9.17) is 34.8 Å². The van der Waals surface area contributed by atoms with Crippen LogP contribution >= 0.6 is 34.8 Å². The third-order valence-corrected chi connectivity index (χ3v) is 3.81. The zero-order valence-electron chi connectivity index (χ0n) is 9.40. The Labute approximate surface area is 126 Å². The molecule has 0 aliphatic rings. The quantitative estimate of drug-likeness (QED) is 0.358. The minimum atomic E-state index is -4.76. The summed E-state index contributed by atoms with van der Waals surface area (Å²) in [6, 6.07) is 3.06. The van der Waals surface area contributed by atoms with Crippen molar-refractivity contribution in [1.29, 1.82) is 0 Å². The molecule has 0 atom stereocenters. The maximum Gasteiger partial charge on any atom is 0.417 e. The highest BCUT2D eigenvalue weighted by molar-refractivity contribution is 6.49. The molecule has 2 rings (SSSR count). The number of hydrogen-bond donors (Lipinski definition) is 0. The summed E-state index contributed by atoms with van der Waals surface area (Å²) in [4.78, 5) is 3.22. The van der Waals surface area contributed by atoms with E-state index < -0.39 is 23.3 Å². The molecule has 2 aromatic rings. The number of rotatable bonds is 1. The van der Waals surface area contributed by atoms with E-state index in [0.29, 0.717) is 6.07 Å². The second-order valence-corrected chi connectivity index (χ2v) is 4.91. The van der Waals surface area contributed by atoms with Crippen LogP contribution in [0, 0.1) is 5.95 Å². The highest BCUT2D eigenvalue weighted by atomic mass is 35.5. The van der Waals surface area contributed by atoms with Gasteiger partial charge in [-0.1, -0.05) is 40.9 Å². The third-order valence-electron chi connectivity index (χ3n) is 2.51. The lowest BCUT2D eigenvalue weighted by Gasteiger charge is -2.15. The van der Waals surface area contributed by atoms with Gasteiger partial charge in [-0.2, -0.15) is 17.6 Å². The first-order valence-electron chi connectivity index (χ1n) is 5.09. The van der Waals surface area contributed by atoms with E-state index in [9.17, 15) is 17.6 Å². The summed E-state index contributed by atoms with van der Waals surface area (Å²) < 4.78 is 52.5. The van der Waals surface area contributed by atoms with Gasteiger partial charge in [0, 0.05) is 11.8 Å². The van der Waals surface area contributed by atoms with Crippen molar-refractivity contribution in [3.63, 3.8) is 0 Å². The van der Waals surface area contributed by atoms with Crippen LogP contribution in [-0.2, 0) is 6.18 Å². The largest absolute Gasteiger partial charge is 0.417 e. The van der Waals surface area contributed by atoms with Crippen LogP contribution < -0.4 is 0 Å². The lowest BCUT2D eigenvalue weighted by Crippen LogP contribution is -2.09. The van der Waals surface area contributed by atoms with Crippen LogP contribution in [0.4, 0.5) is 17.6 Å². The van der Waals surface area contributed by atoms with Crippen molar-refractivity contribution in [3.05, 3.63) is 51.0 Å². The molecule has 1 aromatic heterocycles. The Morgan fingerprint density at radius 1 is 0.950 bits per heavy atom. The van der Waals surface area contributed by atoms with E-state index in [0.717, 1.165) is 12.3 Å². The van der Waals surface area contributed by atoms with Gasteiger partial charge in [0.1, 0.15) is 0 Å².